The molecular weight excluding hydrogens is 238 g/mol. The zero-order chi connectivity index (χ0) is 13.3. The molecule has 0 amide bonds. The zero-order valence-corrected chi connectivity index (χ0v) is 9.29. The van der Waals surface area contributed by atoms with E-state index < -0.39 is 23.1 Å². The van der Waals surface area contributed by atoms with Crippen LogP contribution in [0.25, 0.3) is 11.0 Å². The minimum Gasteiger partial charge on any atom is -0.480 e. The monoisotopic (exact) mass is 249 g/mol. The lowest BCUT2D eigenvalue weighted by atomic mass is 10.2. The smallest absolute Gasteiger partial charge is 0.322 e. The maximum atomic E-state index is 11.7. The quantitative estimate of drug-likeness (QED) is 0.609. The van der Waals surface area contributed by atoms with Crippen molar-refractivity contribution in [3.63, 3.8) is 0 Å². The Kier molecular flexibility index (Phi) is 2.99. The topological polar surface area (TPSA) is 118 Å². The van der Waals surface area contributed by atoms with Crippen LogP contribution >= 0.6 is 0 Å². The van der Waals surface area contributed by atoms with Gasteiger partial charge >= 0.3 is 17.1 Å². The highest BCUT2D eigenvalue weighted by Crippen LogP contribution is 2.07. The number of aromatic nitrogens is 2. The van der Waals surface area contributed by atoms with Crippen LogP contribution in [0.4, 0.5) is 0 Å². The van der Waals surface area contributed by atoms with Crippen molar-refractivity contribution in [2.75, 3.05) is 0 Å². The summed E-state index contributed by atoms with van der Waals surface area (Å²) in [6.45, 7) is -0.251. The van der Waals surface area contributed by atoms with E-state index in [1.165, 1.54) is 0 Å². The molecule has 7 nitrogen and oxygen atoms in total. The van der Waals surface area contributed by atoms with Crippen molar-refractivity contribution in [2.24, 2.45) is 5.73 Å². The molecule has 0 saturated heterocycles. The lowest BCUT2D eigenvalue weighted by molar-refractivity contribution is -0.138. The fourth-order valence-corrected chi connectivity index (χ4v) is 1.68. The molecule has 0 saturated carbocycles. The number of benzene rings is 1. The molecule has 1 heterocycles. The highest BCUT2D eigenvalue weighted by Gasteiger charge is 2.15. The van der Waals surface area contributed by atoms with Gasteiger partial charge in [-0.3, -0.25) is 19.0 Å². The number of hydrogen-bond acceptors (Lipinski definition) is 4. The molecule has 2 rings (SSSR count). The maximum Gasteiger partial charge on any atom is 0.322 e. The number of nitrogens with two attached hydrogens (primary N) is 1. The van der Waals surface area contributed by atoms with Crippen LogP contribution in [-0.4, -0.2) is 26.7 Å². The molecule has 0 radical (unpaired) electrons. The van der Waals surface area contributed by atoms with Gasteiger partial charge in [-0.15, -0.1) is 0 Å². The number of fused-ring (bicyclic) bond motifs is 1. The molecule has 1 aromatic carbocycles. The van der Waals surface area contributed by atoms with Crippen molar-refractivity contribution >= 4 is 17.0 Å². The van der Waals surface area contributed by atoms with Gasteiger partial charge in [0.2, 0.25) is 0 Å². The van der Waals surface area contributed by atoms with Gasteiger partial charge in [-0.25, -0.2) is 0 Å². The van der Waals surface area contributed by atoms with E-state index in [0.29, 0.717) is 11.0 Å². The van der Waals surface area contributed by atoms with E-state index in [2.05, 4.69) is 4.98 Å². The highest BCUT2D eigenvalue weighted by molar-refractivity contribution is 5.76. The third-order valence-corrected chi connectivity index (χ3v) is 2.58. The van der Waals surface area contributed by atoms with Gasteiger partial charge in [-0.2, -0.15) is 0 Å². The minimum atomic E-state index is -1.24. The molecule has 2 aromatic rings. The zero-order valence-electron chi connectivity index (χ0n) is 9.29. The average Bonchev–Trinajstić information content (AvgIpc) is 2.34. The molecule has 0 aliphatic heterocycles. The molecule has 0 spiro atoms. The number of carbonyl (C=O) groups is 1. The predicted octanol–water partition coefficient (Wildman–Crippen LogP) is -0.898. The standard InChI is InChI=1S/C11H11N3O4/c12-6(11(17)18)5-14-8-4-2-1-3-7(8)13-9(15)10(14)16/h1-4,6H,5,12H2,(H,13,15)(H,17,18)/t6-/m0/s1. The summed E-state index contributed by atoms with van der Waals surface area (Å²) in [6.07, 6.45) is 0. The number of rotatable bonds is 3. The Balaban J connectivity index is 2.68. The Hall–Kier alpha value is -2.41. The molecular formula is C11H11N3O4. The van der Waals surface area contributed by atoms with Gasteiger partial charge < -0.3 is 15.8 Å². The number of aromatic amines is 1. The number of hydrogen-bond donors (Lipinski definition) is 3. The molecule has 1 atom stereocenters. The molecule has 7 heteroatoms. The normalized spacial score (nSPS) is 12.5. The first-order valence-electron chi connectivity index (χ1n) is 5.21. The largest absolute Gasteiger partial charge is 0.480 e. The Morgan fingerprint density at radius 2 is 2.06 bits per heavy atom. The summed E-state index contributed by atoms with van der Waals surface area (Å²) in [5, 5.41) is 8.75. The van der Waals surface area contributed by atoms with Crippen molar-refractivity contribution in [3.8, 4) is 0 Å². The van der Waals surface area contributed by atoms with E-state index in [-0.39, 0.29) is 6.54 Å². The molecule has 0 unspecified atom stereocenters. The molecule has 4 N–H and O–H groups in total. The summed E-state index contributed by atoms with van der Waals surface area (Å²) in [5.74, 6) is -1.23. The fraction of sp³-hybridized carbons (Fsp3) is 0.182. The maximum absolute atomic E-state index is 11.7. The van der Waals surface area contributed by atoms with Gasteiger partial charge in [0.25, 0.3) is 0 Å². The Labute approximate surface area is 100 Å². The summed E-state index contributed by atoms with van der Waals surface area (Å²) in [7, 11) is 0. The van der Waals surface area contributed by atoms with Gasteiger partial charge in [0.15, 0.2) is 0 Å². The summed E-state index contributed by atoms with van der Waals surface area (Å²) < 4.78 is 1.08. The van der Waals surface area contributed by atoms with Crippen molar-refractivity contribution in [1.82, 2.24) is 9.55 Å². The van der Waals surface area contributed by atoms with Crippen LogP contribution in [0.3, 0.4) is 0 Å². The number of nitrogens with zero attached hydrogens (tertiary/aromatic N) is 1. The van der Waals surface area contributed by atoms with Crippen LogP contribution in [0.1, 0.15) is 0 Å². The van der Waals surface area contributed by atoms with Gasteiger partial charge in [-0.1, -0.05) is 12.1 Å². The Morgan fingerprint density at radius 1 is 1.39 bits per heavy atom. The van der Waals surface area contributed by atoms with Gasteiger partial charge in [0.05, 0.1) is 17.6 Å². The first-order valence-corrected chi connectivity index (χ1v) is 5.21. The van der Waals surface area contributed by atoms with Crippen LogP contribution in [0.5, 0.6) is 0 Å². The van der Waals surface area contributed by atoms with Crippen molar-refractivity contribution in [3.05, 3.63) is 45.0 Å². The number of carboxylic acid groups (broad SMARTS) is 1. The number of carboxylic acids is 1. The molecule has 0 aliphatic rings. The first kappa shape index (κ1) is 12.1. The lowest BCUT2D eigenvalue weighted by Gasteiger charge is -2.11. The molecule has 18 heavy (non-hydrogen) atoms. The number of H-pyrrole nitrogens is 1. The van der Waals surface area contributed by atoms with E-state index >= 15 is 0 Å². The second kappa shape index (κ2) is 4.46. The fourth-order valence-electron chi connectivity index (χ4n) is 1.68. The summed E-state index contributed by atoms with van der Waals surface area (Å²) in [6, 6.07) is 5.38. The predicted molar refractivity (Wildman–Crippen MR) is 64.4 cm³/mol. The second-order valence-electron chi connectivity index (χ2n) is 3.83. The van der Waals surface area contributed by atoms with Crippen LogP contribution < -0.4 is 16.9 Å². The van der Waals surface area contributed by atoms with Crippen molar-refractivity contribution in [2.45, 2.75) is 12.6 Å². The summed E-state index contributed by atoms with van der Waals surface area (Å²) in [5.41, 5.74) is 4.67. The Morgan fingerprint density at radius 3 is 2.72 bits per heavy atom. The van der Waals surface area contributed by atoms with E-state index in [0.717, 1.165) is 4.57 Å². The van der Waals surface area contributed by atoms with Gasteiger partial charge in [0, 0.05) is 0 Å². The number of aliphatic carboxylic acids is 1. The van der Waals surface area contributed by atoms with Crippen LogP contribution in [0.15, 0.2) is 33.9 Å². The van der Waals surface area contributed by atoms with Gasteiger partial charge in [0.1, 0.15) is 6.04 Å². The van der Waals surface area contributed by atoms with E-state index in [4.69, 9.17) is 10.8 Å². The Bertz CT molecular complexity index is 716. The second-order valence-corrected chi connectivity index (χ2v) is 3.83. The van der Waals surface area contributed by atoms with Crippen LogP contribution in [0, 0.1) is 0 Å². The molecule has 94 valence electrons. The van der Waals surface area contributed by atoms with E-state index in [9.17, 15) is 14.4 Å². The van der Waals surface area contributed by atoms with Crippen LogP contribution in [-0.2, 0) is 11.3 Å². The van der Waals surface area contributed by atoms with E-state index in [1.54, 1.807) is 24.3 Å². The molecule has 0 bridgehead atoms. The van der Waals surface area contributed by atoms with Crippen molar-refractivity contribution < 1.29 is 9.90 Å². The third-order valence-electron chi connectivity index (χ3n) is 2.58. The summed E-state index contributed by atoms with van der Waals surface area (Å²) >= 11 is 0. The minimum absolute atomic E-state index is 0.251. The van der Waals surface area contributed by atoms with Gasteiger partial charge in [-0.05, 0) is 12.1 Å². The highest BCUT2D eigenvalue weighted by atomic mass is 16.4. The first-order chi connectivity index (χ1) is 8.50. The number of para-hydroxylation sites is 2. The van der Waals surface area contributed by atoms with Crippen LogP contribution in [0.2, 0.25) is 0 Å². The molecule has 1 aromatic heterocycles. The summed E-state index contributed by atoms with van der Waals surface area (Å²) in [4.78, 5) is 36.3. The van der Waals surface area contributed by atoms with Crippen molar-refractivity contribution in [1.29, 1.82) is 0 Å². The average molecular weight is 249 g/mol. The molecule has 0 aliphatic carbocycles. The third kappa shape index (κ3) is 2.03. The lowest BCUT2D eigenvalue weighted by Crippen LogP contribution is -2.43. The SMILES string of the molecule is N[C@@H](Cn1c(=O)c(=O)[nH]c2ccccc21)C(=O)O. The molecule has 0 fully saturated rings. The van der Waals surface area contributed by atoms with E-state index in [1.807, 2.05) is 0 Å². The number of nitrogens with one attached hydrogen (secondary N) is 1.